The van der Waals surface area contributed by atoms with Gasteiger partial charge in [-0.1, -0.05) is 0 Å². The first kappa shape index (κ1) is 6.95. The lowest BCUT2D eigenvalue weighted by Gasteiger charge is -2.30. The van der Waals surface area contributed by atoms with Crippen LogP contribution in [-0.4, -0.2) is 17.9 Å². The molecule has 2 rings (SSSR count). The molecule has 0 aromatic carbocycles. The molecule has 1 saturated heterocycles. The first-order valence-corrected chi connectivity index (χ1v) is 4.10. The molecule has 2 atom stereocenters. The normalized spacial score (nSPS) is 42.6. The summed E-state index contributed by atoms with van der Waals surface area (Å²) in [7, 11) is 0. The molecule has 1 aliphatic carbocycles. The van der Waals surface area contributed by atoms with Gasteiger partial charge in [0, 0.05) is 0 Å². The molecule has 0 N–H and O–H groups in total. The Kier molecular flexibility index (Phi) is 1.34. The molecule has 0 aromatic heterocycles. The highest BCUT2D eigenvalue weighted by atomic mass is 16.8. The number of hydrogen-bond donors (Lipinski definition) is 0. The second-order valence-electron chi connectivity index (χ2n) is 3.52. The molecule has 62 valence electrons. The van der Waals surface area contributed by atoms with Crippen LogP contribution < -0.4 is 0 Å². The number of ether oxygens (including phenoxy) is 2. The predicted molar refractivity (Wildman–Crippen MR) is 38.2 cm³/mol. The standard InChI is InChI=1S/C8H12O3/c1-8-5-3-2-4-6(8)10-7(9)11-8/h6H,2-5H2,1H3. The SMILES string of the molecule is CC12CCCCC1OC(=O)O2. The molecule has 0 spiro atoms. The van der Waals surface area contributed by atoms with Crippen molar-refractivity contribution in [2.45, 2.75) is 44.3 Å². The summed E-state index contributed by atoms with van der Waals surface area (Å²) in [5.74, 6) is 0. The Morgan fingerprint density at radius 1 is 1.55 bits per heavy atom. The number of fused-ring (bicyclic) bond motifs is 1. The Hall–Kier alpha value is -0.730. The van der Waals surface area contributed by atoms with Gasteiger partial charge in [0.25, 0.3) is 0 Å². The molecule has 2 unspecified atom stereocenters. The van der Waals surface area contributed by atoms with Crippen LogP contribution in [0.25, 0.3) is 0 Å². The smallest absolute Gasteiger partial charge is 0.427 e. The van der Waals surface area contributed by atoms with Gasteiger partial charge < -0.3 is 9.47 Å². The highest BCUT2D eigenvalue weighted by molar-refractivity contribution is 5.63. The minimum absolute atomic E-state index is 0.0174. The minimum atomic E-state index is -0.487. The fourth-order valence-electron chi connectivity index (χ4n) is 1.90. The summed E-state index contributed by atoms with van der Waals surface area (Å²) in [6.45, 7) is 1.96. The van der Waals surface area contributed by atoms with Crippen molar-refractivity contribution in [2.75, 3.05) is 0 Å². The first-order chi connectivity index (χ1) is 5.21. The van der Waals surface area contributed by atoms with Gasteiger partial charge in [-0.3, -0.25) is 0 Å². The zero-order valence-electron chi connectivity index (χ0n) is 6.63. The molecule has 1 aliphatic heterocycles. The van der Waals surface area contributed by atoms with E-state index < -0.39 is 6.16 Å². The summed E-state index contributed by atoms with van der Waals surface area (Å²) in [6.07, 6.45) is 3.73. The highest BCUT2D eigenvalue weighted by Gasteiger charge is 2.48. The van der Waals surface area contributed by atoms with E-state index in [4.69, 9.17) is 9.47 Å². The molecule has 0 amide bonds. The topological polar surface area (TPSA) is 35.5 Å². The third kappa shape index (κ3) is 0.988. The quantitative estimate of drug-likeness (QED) is 0.502. The number of hydrogen-bond acceptors (Lipinski definition) is 3. The van der Waals surface area contributed by atoms with Crippen LogP contribution in [0.5, 0.6) is 0 Å². The van der Waals surface area contributed by atoms with Gasteiger partial charge in [0.1, 0.15) is 11.7 Å². The zero-order valence-corrected chi connectivity index (χ0v) is 6.63. The van der Waals surface area contributed by atoms with Gasteiger partial charge in [-0.05, 0) is 32.6 Å². The molecule has 0 aromatic rings. The largest absolute Gasteiger partial charge is 0.509 e. The third-order valence-electron chi connectivity index (χ3n) is 2.63. The molecular weight excluding hydrogens is 144 g/mol. The molecule has 1 saturated carbocycles. The summed E-state index contributed by atoms with van der Waals surface area (Å²) in [5, 5.41) is 0. The average molecular weight is 156 g/mol. The fraction of sp³-hybridized carbons (Fsp3) is 0.875. The van der Waals surface area contributed by atoms with Crippen molar-refractivity contribution >= 4 is 6.16 Å². The van der Waals surface area contributed by atoms with E-state index in [9.17, 15) is 4.79 Å². The Labute approximate surface area is 65.7 Å². The van der Waals surface area contributed by atoms with E-state index in [1.807, 2.05) is 6.92 Å². The van der Waals surface area contributed by atoms with E-state index in [0.29, 0.717) is 0 Å². The fourth-order valence-corrected chi connectivity index (χ4v) is 1.90. The average Bonchev–Trinajstić information content (AvgIpc) is 2.22. The maximum Gasteiger partial charge on any atom is 0.509 e. The van der Waals surface area contributed by atoms with Crippen LogP contribution in [-0.2, 0) is 9.47 Å². The zero-order chi connectivity index (χ0) is 7.90. The Morgan fingerprint density at radius 3 is 3.09 bits per heavy atom. The van der Waals surface area contributed by atoms with Gasteiger partial charge in [-0.25, -0.2) is 4.79 Å². The van der Waals surface area contributed by atoms with Gasteiger partial charge in [0.2, 0.25) is 0 Å². The van der Waals surface area contributed by atoms with Crippen LogP contribution in [0.15, 0.2) is 0 Å². The van der Waals surface area contributed by atoms with Crippen LogP contribution >= 0.6 is 0 Å². The molecule has 3 heteroatoms. The Morgan fingerprint density at radius 2 is 2.36 bits per heavy atom. The highest BCUT2D eigenvalue weighted by Crippen LogP contribution is 2.38. The van der Waals surface area contributed by atoms with Gasteiger partial charge in [0.05, 0.1) is 0 Å². The van der Waals surface area contributed by atoms with E-state index in [-0.39, 0.29) is 11.7 Å². The molecule has 1 heterocycles. The lowest BCUT2D eigenvalue weighted by Crippen LogP contribution is -2.39. The van der Waals surface area contributed by atoms with Crippen molar-refractivity contribution in [3.8, 4) is 0 Å². The summed E-state index contributed by atoms with van der Waals surface area (Å²) in [5.41, 5.74) is -0.310. The van der Waals surface area contributed by atoms with E-state index in [0.717, 1.165) is 25.7 Å². The van der Waals surface area contributed by atoms with Crippen molar-refractivity contribution in [3.63, 3.8) is 0 Å². The minimum Gasteiger partial charge on any atom is -0.427 e. The molecule has 0 bridgehead atoms. The molecular formula is C8H12O3. The van der Waals surface area contributed by atoms with Crippen LogP contribution in [0.3, 0.4) is 0 Å². The van der Waals surface area contributed by atoms with E-state index in [1.54, 1.807) is 0 Å². The molecule has 0 radical (unpaired) electrons. The van der Waals surface area contributed by atoms with Crippen molar-refractivity contribution < 1.29 is 14.3 Å². The van der Waals surface area contributed by atoms with Gasteiger partial charge >= 0.3 is 6.16 Å². The van der Waals surface area contributed by atoms with Crippen LogP contribution in [0.4, 0.5) is 4.79 Å². The summed E-state index contributed by atoms with van der Waals surface area (Å²) in [4.78, 5) is 10.8. The molecule has 11 heavy (non-hydrogen) atoms. The van der Waals surface area contributed by atoms with E-state index in [1.165, 1.54) is 0 Å². The monoisotopic (exact) mass is 156 g/mol. The second kappa shape index (κ2) is 2.13. The predicted octanol–water partition coefficient (Wildman–Crippen LogP) is 1.85. The van der Waals surface area contributed by atoms with Gasteiger partial charge in [-0.2, -0.15) is 0 Å². The molecule has 2 fully saturated rings. The van der Waals surface area contributed by atoms with Gasteiger partial charge in [-0.15, -0.1) is 0 Å². The van der Waals surface area contributed by atoms with Crippen LogP contribution in [0, 0.1) is 0 Å². The summed E-state index contributed by atoms with van der Waals surface area (Å²) < 4.78 is 10.1. The van der Waals surface area contributed by atoms with Crippen molar-refractivity contribution in [1.29, 1.82) is 0 Å². The first-order valence-electron chi connectivity index (χ1n) is 4.10. The van der Waals surface area contributed by atoms with Crippen molar-refractivity contribution in [1.82, 2.24) is 0 Å². The summed E-state index contributed by atoms with van der Waals surface area (Å²) in [6, 6.07) is 0. The molecule has 2 aliphatic rings. The lowest BCUT2D eigenvalue weighted by atomic mass is 9.84. The van der Waals surface area contributed by atoms with Gasteiger partial charge in [0.15, 0.2) is 0 Å². The van der Waals surface area contributed by atoms with E-state index in [2.05, 4.69) is 0 Å². The lowest BCUT2D eigenvalue weighted by molar-refractivity contribution is 0.0142. The number of rotatable bonds is 0. The van der Waals surface area contributed by atoms with Crippen molar-refractivity contribution in [3.05, 3.63) is 0 Å². The second-order valence-corrected chi connectivity index (χ2v) is 3.52. The maximum atomic E-state index is 10.8. The van der Waals surface area contributed by atoms with Crippen molar-refractivity contribution in [2.24, 2.45) is 0 Å². The van der Waals surface area contributed by atoms with Crippen LogP contribution in [0.1, 0.15) is 32.6 Å². The molecule has 3 nitrogen and oxygen atoms in total. The maximum absolute atomic E-state index is 10.8. The van der Waals surface area contributed by atoms with E-state index >= 15 is 0 Å². The Bertz CT molecular complexity index is 190. The number of carbonyl (C=O) groups is 1. The third-order valence-corrected chi connectivity index (χ3v) is 2.63. The number of carbonyl (C=O) groups excluding carboxylic acids is 1. The van der Waals surface area contributed by atoms with Crippen LogP contribution in [0.2, 0.25) is 0 Å². The Balaban J connectivity index is 2.17. The summed E-state index contributed by atoms with van der Waals surface area (Å²) >= 11 is 0.